The number of hydrogen-bond acceptors (Lipinski definition) is 3. The van der Waals surface area contributed by atoms with Crippen LogP contribution < -0.4 is 14.8 Å². The lowest BCUT2D eigenvalue weighted by molar-refractivity contribution is 0.0948. The van der Waals surface area contributed by atoms with Crippen molar-refractivity contribution in [2.75, 3.05) is 14.2 Å². The predicted molar refractivity (Wildman–Crippen MR) is 98.4 cm³/mol. The topological polar surface area (TPSA) is 52.5 Å². The second kappa shape index (κ2) is 6.89. The smallest absolute Gasteiger partial charge is 0.255 e. The molecule has 0 atom stereocenters. The lowest BCUT2D eigenvalue weighted by Crippen LogP contribution is -2.23. The Morgan fingerprint density at radius 3 is 2.60 bits per heavy atom. The molecule has 2 aromatic carbocycles. The summed E-state index contributed by atoms with van der Waals surface area (Å²) in [6.45, 7) is 2.54. The molecule has 0 aliphatic rings. The van der Waals surface area contributed by atoms with Gasteiger partial charge in [-0.1, -0.05) is 6.07 Å². The molecule has 1 N–H and O–H groups in total. The second-order valence-electron chi connectivity index (χ2n) is 5.99. The van der Waals surface area contributed by atoms with Gasteiger partial charge in [0, 0.05) is 36.3 Å². The van der Waals surface area contributed by atoms with Gasteiger partial charge in [0.25, 0.3) is 5.91 Å². The number of fused-ring (bicyclic) bond motifs is 1. The number of nitrogens with zero attached hydrogens (tertiary/aromatic N) is 1. The molecule has 130 valence electrons. The van der Waals surface area contributed by atoms with Gasteiger partial charge in [-0.3, -0.25) is 4.79 Å². The molecule has 3 rings (SSSR count). The van der Waals surface area contributed by atoms with Crippen molar-refractivity contribution in [3.8, 4) is 11.5 Å². The van der Waals surface area contributed by atoms with Crippen LogP contribution in [0.1, 0.15) is 21.6 Å². The van der Waals surface area contributed by atoms with Gasteiger partial charge in [0.1, 0.15) is 11.5 Å². The van der Waals surface area contributed by atoms with Crippen molar-refractivity contribution in [1.82, 2.24) is 9.88 Å². The number of aromatic nitrogens is 1. The molecule has 1 heterocycles. The number of carbonyl (C=O) groups excluding carboxylic acids is 1. The fourth-order valence-electron chi connectivity index (χ4n) is 2.91. The quantitative estimate of drug-likeness (QED) is 0.775. The number of hydrogen-bond donors (Lipinski definition) is 1. The summed E-state index contributed by atoms with van der Waals surface area (Å²) in [5, 5.41) is 4.12. The van der Waals surface area contributed by atoms with E-state index < -0.39 is 0 Å². The van der Waals surface area contributed by atoms with Gasteiger partial charge in [-0.15, -0.1) is 0 Å². The first-order valence-corrected chi connectivity index (χ1v) is 8.08. The number of methoxy groups -OCH3 is 2. The molecule has 0 radical (unpaired) electrons. The van der Waals surface area contributed by atoms with E-state index in [1.807, 2.05) is 6.07 Å². The van der Waals surface area contributed by atoms with Crippen molar-refractivity contribution in [3.05, 3.63) is 59.3 Å². The van der Waals surface area contributed by atoms with Crippen molar-refractivity contribution in [2.24, 2.45) is 7.05 Å². The average Bonchev–Trinajstić information content (AvgIpc) is 2.92. The average molecular weight is 338 g/mol. The number of amides is 1. The Morgan fingerprint density at radius 1 is 1.08 bits per heavy atom. The molecular formula is C20H22N2O3. The Kier molecular flexibility index (Phi) is 4.65. The van der Waals surface area contributed by atoms with Crippen molar-refractivity contribution in [3.63, 3.8) is 0 Å². The van der Waals surface area contributed by atoms with E-state index in [-0.39, 0.29) is 5.91 Å². The van der Waals surface area contributed by atoms with E-state index in [2.05, 4.69) is 42.1 Å². The summed E-state index contributed by atoms with van der Waals surface area (Å²) in [5.41, 5.74) is 3.93. The molecule has 0 aliphatic carbocycles. The van der Waals surface area contributed by atoms with Crippen LogP contribution in [0.15, 0.2) is 42.5 Å². The van der Waals surface area contributed by atoms with Crippen LogP contribution in [0.5, 0.6) is 11.5 Å². The Hall–Kier alpha value is -2.95. The molecule has 0 spiro atoms. The van der Waals surface area contributed by atoms with Gasteiger partial charge in [0.05, 0.1) is 19.8 Å². The fourth-order valence-corrected chi connectivity index (χ4v) is 2.91. The summed E-state index contributed by atoms with van der Waals surface area (Å²) < 4.78 is 12.6. The summed E-state index contributed by atoms with van der Waals surface area (Å²) >= 11 is 0. The van der Waals surface area contributed by atoms with Gasteiger partial charge >= 0.3 is 0 Å². The highest BCUT2D eigenvalue weighted by molar-refractivity contribution is 5.97. The van der Waals surface area contributed by atoms with Crippen molar-refractivity contribution in [2.45, 2.75) is 13.5 Å². The molecule has 3 aromatic rings. The number of carbonyl (C=O) groups is 1. The van der Waals surface area contributed by atoms with E-state index in [1.54, 1.807) is 25.3 Å². The molecule has 0 bridgehead atoms. The van der Waals surface area contributed by atoms with Crippen LogP contribution in [-0.2, 0) is 13.6 Å². The van der Waals surface area contributed by atoms with Crippen LogP contribution in [-0.4, -0.2) is 24.7 Å². The summed E-state index contributed by atoms with van der Waals surface area (Å²) in [4.78, 5) is 12.5. The zero-order valence-corrected chi connectivity index (χ0v) is 14.9. The van der Waals surface area contributed by atoms with E-state index in [9.17, 15) is 4.79 Å². The first-order valence-electron chi connectivity index (χ1n) is 8.08. The van der Waals surface area contributed by atoms with E-state index in [0.29, 0.717) is 23.6 Å². The number of nitrogens with one attached hydrogen (secondary N) is 1. The molecule has 1 amide bonds. The molecule has 0 fully saturated rings. The number of benzene rings is 2. The fraction of sp³-hybridized carbons (Fsp3) is 0.250. The maximum atomic E-state index is 12.5. The van der Waals surface area contributed by atoms with Crippen LogP contribution in [0.4, 0.5) is 0 Å². The lowest BCUT2D eigenvalue weighted by atomic mass is 10.1. The van der Waals surface area contributed by atoms with E-state index in [0.717, 1.165) is 5.56 Å². The second-order valence-corrected chi connectivity index (χ2v) is 5.99. The van der Waals surface area contributed by atoms with Crippen LogP contribution in [0, 0.1) is 6.92 Å². The van der Waals surface area contributed by atoms with Crippen molar-refractivity contribution in [1.29, 1.82) is 0 Å². The van der Waals surface area contributed by atoms with E-state index in [1.165, 1.54) is 23.7 Å². The zero-order valence-electron chi connectivity index (χ0n) is 14.9. The highest BCUT2D eigenvalue weighted by Crippen LogP contribution is 2.25. The molecule has 1 aromatic heterocycles. The van der Waals surface area contributed by atoms with Gasteiger partial charge in [0.2, 0.25) is 0 Å². The Labute approximate surface area is 147 Å². The Morgan fingerprint density at radius 2 is 1.88 bits per heavy atom. The van der Waals surface area contributed by atoms with Crippen LogP contribution in [0.3, 0.4) is 0 Å². The summed E-state index contributed by atoms with van der Waals surface area (Å²) in [7, 11) is 5.17. The maximum absolute atomic E-state index is 12.5. The van der Waals surface area contributed by atoms with E-state index in [4.69, 9.17) is 9.47 Å². The third kappa shape index (κ3) is 3.31. The normalized spacial score (nSPS) is 10.7. The number of rotatable bonds is 5. The SMILES string of the molecule is COc1ccc(C(=O)NCc2ccc3c(c2)cc(C)n3C)c(OC)c1. The van der Waals surface area contributed by atoms with Crippen LogP contribution >= 0.6 is 0 Å². The number of aryl methyl sites for hydroxylation is 2. The minimum absolute atomic E-state index is 0.177. The van der Waals surface area contributed by atoms with Crippen LogP contribution in [0.2, 0.25) is 0 Å². The number of ether oxygens (including phenoxy) is 2. The largest absolute Gasteiger partial charge is 0.497 e. The van der Waals surface area contributed by atoms with Gasteiger partial charge in [0.15, 0.2) is 0 Å². The minimum Gasteiger partial charge on any atom is -0.497 e. The maximum Gasteiger partial charge on any atom is 0.255 e. The molecule has 5 nitrogen and oxygen atoms in total. The van der Waals surface area contributed by atoms with Gasteiger partial charge < -0.3 is 19.4 Å². The summed E-state index contributed by atoms with van der Waals surface area (Å²) in [5.74, 6) is 0.966. The predicted octanol–water partition coefficient (Wildman–Crippen LogP) is 3.43. The van der Waals surface area contributed by atoms with E-state index >= 15 is 0 Å². The third-order valence-corrected chi connectivity index (χ3v) is 4.45. The molecule has 0 saturated heterocycles. The minimum atomic E-state index is -0.177. The first kappa shape index (κ1) is 16.9. The molecule has 25 heavy (non-hydrogen) atoms. The molecule has 5 heteroatoms. The summed E-state index contributed by atoms with van der Waals surface area (Å²) in [6.07, 6.45) is 0. The van der Waals surface area contributed by atoms with Crippen molar-refractivity contribution < 1.29 is 14.3 Å². The van der Waals surface area contributed by atoms with Gasteiger partial charge in [-0.05, 0) is 42.8 Å². The monoisotopic (exact) mass is 338 g/mol. The van der Waals surface area contributed by atoms with Gasteiger partial charge in [-0.25, -0.2) is 0 Å². The Balaban J connectivity index is 1.76. The summed E-state index contributed by atoms with van der Waals surface area (Å²) in [6, 6.07) is 13.5. The van der Waals surface area contributed by atoms with Crippen LogP contribution in [0.25, 0.3) is 10.9 Å². The Bertz CT molecular complexity index is 928. The molecular weight excluding hydrogens is 316 g/mol. The first-order chi connectivity index (χ1) is 12.0. The lowest BCUT2D eigenvalue weighted by Gasteiger charge is -2.11. The molecule has 0 saturated carbocycles. The standard InChI is InChI=1S/C20H22N2O3/c1-13-9-15-10-14(5-8-18(15)22(13)2)12-21-20(23)17-7-6-16(24-3)11-19(17)25-4/h5-11H,12H2,1-4H3,(H,21,23). The highest BCUT2D eigenvalue weighted by Gasteiger charge is 2.13. The molecule has 0 aliphatic heterocycles. The van der Waals surface area contributed by atoms with Gasteiger partial charge in [-0.2, -0.15) is 0 Å². The third-order valence-electron chi connectivity index (χ3n) is 4.45. The van der Waals surface area contributed by atoms with Crippen molar-refractivity contribution >= 4 is 16.8 Å². The highest BCUT2D eigenvalue weighted by atomic mass is 16.5. The zero-order chi connectivity index (χ0) is 18.0. The molecule has 0 unspecified atom stereocenters.